The molecule has 0 fully saturated rings. The van der Waals surface area contributed by atoms with Crippen LogP contribution in [0.3, 0.4) is 0 Å². The van der Waals surface area contributed by atoms with Crippen LogP contribution in [0.15, 0.2) is 103 Å². The summed E-state index contributed by atoms with van der Waals surface area (Å²) in [5.74, 6) is 0. The molecule has 0 saturated heterocycles. The minimum Gasteiger partial charge on any atom is -0.248 e. The van der Waals surface area contributed by atoms with Crippen molar-refractivity contribution in [2.24, 2.45) is 0 Å². The molecule has 0 saturated carbocycles. The lowest BCUT2D eigenvalue weighted by Crippen LogP contribution is -1.92. The Morgan fingerprint density at radius 3 is 1.21 bits per heavy atom. The highest BCUT2D eigenvalue weighted by Gasteiger charge is 2.10. The molecule has 166 valence electrons. The number of rotatable bonds is 4. The van der Waals surface area contributed by atoms with Crippen LogP contribution in [-0.2, 0) is 0 Å². The van der Waals surface area contributed by atoms with Gasteiger partial charge in [0.05, 0.1) is 11.4 Å². The topological polar surface area (TPSA) is 12.9 Å². The number of pyridine rings is 1. The first-order valence-electron chi connectivity index (χ1n) is 11.8. The van der Waals surface area contributed by atoms with Gasteiger partial charge in [-0.05, 0) is 74.2 Å². The van der Waals surface area contributed by atoms with Crippen molar-refractivity contribution in [1.82, 2.24) is 4.98 Å². The largest absolute Gasteiger partial charge is 0.248 e. The molecule has 34 heavy (non-hydrogen) atoms. The lowest BCUT2D eigenvalue weighted by Gasteiger charge is -2.12. The van der Waals surface area contributed by atoms with Gasteiger partial charge >= 0.3 is 0 Å². The molecule has 0 bridgehead atoms. The minimum absolute atomic E-state index is 0.996. The van der Waals surface area contributed by atoms with Crippen LogP contribution in [0.1, 0.15) is 22.3 Å². The standard InChI is InChI=1S/C33H29N/c1-22-7-5-9-28(16-22)32-20-31(21-33(34-32)29-10-6-8-23(2)17-29)27-13-11-26(12-14-27)30-18-24(3)15-25(4)19-30/h5-21H,1-4H3. The number of aromatic nitrogens is 1. The maximum absolute atomic E-state index is 5.07. The van der Waals surface area contributed by atoms with Crippen molar-refractivity contribution in [3.63, 3.8) is 0 Å². The monoisotopic (exact) mass is 439 g/mol. The van der Waals surface area contributed by atoms with Gasteiger partial charge < -0.3 is 0 Å². The van der Waals surface area contributed by atoms with E-state index in [1.54, 1.807) is 0 Å². The number of aryl methyl sites for hydroxylation is 4. The van der Waals surface area contributed by atoms with E-state index < -0.39 is 0 Å². The van der Waals surface area contributed by atoms with E-state index in [-0.39, 0.29) is 0 Å². The van der Waals surface area contributed by atoms with Gasteiger partial charge in [0.15, 0.2) is 0 Å². The van der Waals surface area contributed by atoms with Gasteiger partial charge in [-0.15, -0.1) is 0 Å². The SMILES string of the molecule is Cc1cc(C)cc(-c2ccc(-c3cc(-c4cccc(C)c4)nc(-c4cccc(C)c4)c3)cc2)c1. The molecule has 1 heterocycles. The van der Waals surface area contributed by atoms with Gasteiger partial charge in [0.2, 0.25) is 0 Å². The van der Waals surface area contributed by atoms with Gasteiger partial charge in [0, 0.05) is 11.1 Å². The van der Waals surface area contributed by atoms with E-state index >= 15 is 0 Å². The van der Waals surface area contributed by atoms with Gasteiger partial charge in [-0.2, -0.15) is 0 Å². The van der Waals surface area contributed by atoms with Crippen LogP contribution in [0.4, 0.5) is 0 Å². The van der Waals surface area contributed by atoms with Gasteiger partial charge in [0.25, 0.3) is 0 Å². The quantitative estimate of drug-likeness (QED) is 0.272. The van der Waals surface area contributed by atoms with E-state index in [1.807, 2.05) is 0 Å². The molecule has 5 aromatic rings. The van der Waals surface area contributed by atoms with Crippen LogP contribution >= 0.6 is 0 Å². The summed E-state index contributed by atoms with van der Waals surface area (Å²) in [4.78, 5) is 5.07. The van der Waals surface area contributed by atoms with Crippen molar-refractivity contribution in [2.75, 3.05) is 0 Å². The van der Waals surface area contributed by atoms with Gasteiger partial charge in [0.1, 0.15) is 0 Å². The van der Waals surface area contributed by atoms with E-state index in [0.717, 1.165) is 22.5 Å². The van der Waals surface area contributed by atoms with E-state index in [2.05, 4.69) is 131 Å². The van der Waals surface area contributed by atoms with Gasteiger partial charge in [-0.3, -0.25) is 0 Å². The second-order valence-electron chi connectivity index (χ2n) is 9.32. The second-order valence-corrected chi connectivity index (χ2v) is 9.32. The van der Waals surface area contributed by atoms with E-state index in [4.69, 9.17) is 4.98 Å². The molecule has 1 nitrogen and oxygen atoms in total. The summed E-state index contributed by atoms with van der Waals surface area (Å²) in [5.41, 5.74) is 14.2. The zero-order chi connectivity index (χ0) is 23.7. The molecule has 1 aromatic heterocycles. The number of nitrogens with zero attached hydrogens (tertiary/aromatic N) is 1. The van der Waals surface area contributed by atoms with Crippen LogP contribution < -0.4 is 0 Å². The Labute approximate surface area is 202 Å². The number of hydrogen-bond acceptors (Lipinski definition) is 1. The lowest BCUT2D eigenvalue weighted by atomic mass is 9.96. The fourth-order valence-electron chi connectivity index (χ4n) is 4.60. The predicted octanol–water partition coefficient (Wildman–Crippen LogP) is 8.98. The van der Waals surface area contributed by atoms with Crippen molar-refractivity contribution in [1.29, 1.82) is 0 Å². The third kappa shape index (κ3) is 4.70. The van der Waals surface area contributed by atoms with E-state index in [1.165, 1.54) is 44.5 Å². The van der Waals surface area contributed by atoms with Crippen LogP contribution in [0.2, 0.25) is 0 Å². The molecule has 0 spiro atoms. The third-order valence-electron chi connectivity index (χ3n) is 6.23. The minimum atomic E-state index is 0.996. The van der Waals surface area contributed by atoms with E-state index in [9.17, 15) is 0 Å². The van der Waals surface area contributed by atoms with Crippen LogP contribution in [0.25, 0.3) is 44.8 Å². The molecule has 0 N–H and O–H groups in total. The fraction of sp³-hybridized carbons (Fsp3) is 0.121. The summed E-state index contributed by atoms with van der Waals surface area (Å²) in [6.45, 7) is 8.56. The van der Waals surface area contributed by atoms with Crippen LogP contribution in [0, 0.1) is 27.7 Å². The molecular formula is C33H29N. The van der Waals surface area contributed by atoms with Crippen LogP contribution in [-0.4, -0.2) is 4.98 Å². The first kappa shape index (κ1) is 21.9. The molecular weight excluding hydrogens is 410 g/mol. The summed E-state index contributed by atoms with van der Waals surface area (Å²) in [5, 5.41) is 0. The first-order chi connectivity index (χ1) is 16.4. The molecule has 4 aromatic carbocycles. The van der Waals surface area contributed by atoms with Crippen molar-refractivity contribution >= 4 is 0 Å². The molecule has 0 aliphatic heterocycles. The second kappa shape index (κ2) is 9.11. The van der Waals surface area contributed by atoms with Gasteiger partial charge in [-0.25, -0.2) is 4.98 Å². The zero-order valence-electron chi connectivity index (χ0n) is 20.3. The maximum Gasteiger partial charge on any atom is 0.0715 e. The van der Waals surface area contributed by atoms with Crippen molar-refractivity contribution < 1.29 is 0 Å². The highest BCUT2D eigenvalue weighted by molar-refractivity contribution is 5.78. The molecule has 0 radical (unpaired) electrons. The molecule has 5 rings (SSSR count). The Morgan fingerprint density at radius 2 is 0.765 bits per heavy atom. The van der Waals surface area contributed by atoms with E-state index in [0.29, 0.717) is 0 Å². The summed E-state index contributed by atoms with van der Waals surface area (Å²) < 4.78 is 0. The lowest BCUT2D eigenvalue weighted by molar-refractivity contribution is 1.31. The Morgan fingerprint density at radius 1 is 0.353 bits per heavy atom. The first-order valence-corrected chi connectivity index (χ1v) is 11.8. The maximum atomic E-state index is 5.07. The third-order valence-corrected chi connectivity index (χ3v) is 6.23. The summed E-state index contributed by atoms with van der Waals surface area (Å²) in [6, 6.07) is 37.2. The summed E-state index contributed by atoms with van der Waals surface area (Å²) in [6.07, 6.45) is 0. The smallest absolute Gasteiger partial charge is 0.0715 e. The Kier molecular flexibility index (Phi) is 5.86. The molecule has 0 aliphatic rings. The van der Waals surface area contributed by atoms with Gasteiger partial charge in [-0.1, -0.05) is 101 Å². The highest BCUT2D eigenvalue weighted by atomic mass is 14.7. The Balaban J connectivity index is 1.61. The number of benzene rings is 4. The number of hydrogen-bond donors (Lipinski definition) is 0. The molecule has 0 atom stereocenters. The van der Waals surface area contributed by atoms with Crippen molar-refractivity contribution in [3.05, 3.63) is 125 Å². The average molecular weight is 440 g/mol. The Hall–Kier alpha value is -3.97. The normalized spacial score (nSPS) is 10.9. The summed E-state index contributed by atoms with van der Waals surface area (Å²) in [7, 11) is 0. The highest BCUT2D eigenvalue weighted by Crippen LogP contribution is 2.32. The predicted molar refractivity (Wildman–Crippen MR) is 145 cm³/mol. The zero-order valence-corrected chi connectivity index (χ0v) is 20.3. The summed E-state index contributed by atoms with van der Waals surface area (Å²) >= 11 is 0. The van der Waals surface area contributed by atoms with Crippen molar-refractivity contribution in [2.45, 2.75) is 27.7 Å². The molecule has 0 unspecified atom stereocenters. The Bertz CT molecular complexity index is 1390. The molecule has 1 heteroatoms. The van der Waals surface area contributed by atoms with Crippen molar-refractivity contribution in [3.8, 4) is 44.8 Å². The fourth-order valence-corrected chi connectivity index (χ4v) is 4.60. The average Bonchev–Trinajstić information content (AvgIpc) is 2.83. The molecule has 0 amide bonds. The van der Waals surface area contributed by atoms with Crippen LogP contribution in [0.5, 0.6) is 0 Å². The molecule has 0 aliphatic carbocycles.